The molecule has 4 nitrogen and oxygen atoms in total. The smallest absolute Gasteiger partial charge is 0.233 e. The largest absolute Gasteiger partial charge is 0.267 e. The summed E-state index contributed by atoms with van der Waals surface area (Å²) >= 11 is 3.23. The van der Waals surface area contributed by atoms with Crippen molar-refractivity contribution in [3.63, 3.8) is 0 Å². The molecule has 1 rings (SSSR count). The van der Waals surface area contributed by atoms with Crippen LogP contribution in [0.2, 0.25) is 0 Å². The number of sulfonamides is 1. The van der Waals surface area contributed by atoms with E-state index in [4.69, 9.17) is 0 Å². The highest BCUT2D eigenvalue weighted by Crippen LogP contribution is 2.12. The van der Waals surface area contributed by atoms with Crippen molar-refractivity contribution in [2.75, 3.05) is 10.5 Å². The van der Waals surface area contributed by atoms with Gasteiger partial charge in [-0.2, -0.15) is 0 Å². The van der Waals surface area contributed by atoms with E-state index in [2.05, 4.69) is 25.6 Å². The van der Waals surface area contributed by atoms with Crippen LogP contribution in [0.1, 0.15) is 19.8 Å². The van der Waals surface area contributed by atoms with Gasteiger partial charge < -0.3 is 0 Å². The van der Waals surface area contributed by atoms with Crippen LogP contribution in [0.3, 0.4) is 0 Å². The van der Waals surface area contributed by atoms with Crippen molar-refractivity contribution in [2.45, 2.75) is 19.8 Å². The molecule has 0 spiro atoms. The van der Waals surface area contributed by atoms with Crippen LogP contribution in [-0.2, 0) is 10.0 Å². The third-order valence-corrected chi connectivity index (χ3v) is 3.57. The number of nitrogens with zero attached hydrogens (tertiary/aromatic N) is 1. The molecule has 0 saturated heterocycles. The molecule has 0 aliphatic rings. The monoisotopic (exact) mass is 292 g/mol. The van der Waals surface area contributed by atoms with E-state index in [1.54, 1.807) is 18.3 Å². The molecule has 6 heteroatoms. The maximum atomic E-state index is 11.5. The summed E-state index contributed by atoms with van der Waals surface area (Å²) < 4.78 is 26.2. The molecule has 0 atom stereocenters. The van der Waals surface area contributed by atoms with E-state index in [9.17, 15) is 8.42 Å². The average molecular weight is 293 g/mol. The molecule has 1 aromatic heterocycles. The maximum Gasteiger partial charge on any atom is 0.233 e. The summed E-state index contributed by atoms with van der Waals surface area (Å²) in [6.07, 6.45) is 3.07. The Morgan fingerprint density at radius 1 is 1.47 bits per heavy atom. The second kappa shape index (κ2) is 5.46. The fourth-order valence-electron chi connectivity index (χ4n) is 0.981. The molecule has 1 heterocycles. The van der Waals surface area contributed by atoms with Gasteiger partial charge in [-0.1, -0.05) is 13.3 Å². The number of aromatic nitrogens is 1. The van der Waals surface area contributed by atoms with Gasteiger partial charge in [0.1, 0.15) is 5.82 Å². The first kappa shape index (κ1) is 12.4. The first-order valence-corrected chi connectivity index (χ1v) is 7.10. The van der Waals surface area contributed by atoms with Crippen LogP contribution in [0.5, 0.6) is 0 Å². The molecule has 0 fully saturated rings. The van der Waals surface area contributed by atoms with Crippen molar-refractivity contribution in [3.05, 3.63) is 22.8 Å². The molecule has 15 heavy (non-hydrogen) atoms. The maximum absolute atomic E-state index is 11.5. The van der Waals surface area contributed by atoms with Crippen molar-refractivity contribution in [1.82, 2.24) is 4.98 Å². The molecule has 0 aromatic carbocycles. The zero-order valence-corrected chi connectivity index (χ0v) is 10.8. The van der Waals surface area contributed by atoms with Crippen LogP contribution < -0.4 is 4.72 Å². The molecule has 84 valence electrons. The Balaban J connectivity index is 2.65. The van der Waals surface area contributed by atoms with E-state index in [-0.39, 0.29) is 5.75 Å². The van der Waals surface area contributed by atoms with Gasteiger partial charge in [-0.15, -0.1) is 0 Å². The number of hydrogen-bond acceptors (Lipinski definition) is 3. The van der Waals surface area contributed by atoms with Crippen molar-refractivity contribution >= 4 is 31.8 Å². The normalized spacial score (nSPS) is 11.3. The second-order valence-electron chi connectivity index (χ2n) is 3.14. The fraction of sp³-hybridized carbons (Fsp3) is 0.444. The third-order valence-electron chi connectivity index (χ3n) is 1.75. The minimum atomic E-state index is -3.24. The number of pyridine rings is 1. The molecule has 0 saturated carbocycles. The fourth-order valence-corrected chi connectivity index (χ4v) is 2.43. The van der Waals surface area contributed by atoms with Gasteiger partial charge in [0.15, 0.2) is 0 Å². The Bertz CT molecular complexity index is 403. The standard InChI is InChI=1S/C9H13BrN2O2S/c1-2-3-6-15(13,14)12-9-5-4-8(10)7-11-9/h4-5,7H,2-3,6H2,1H3,(H,11,12). The highest BCUT2D eigenvalue weighted by Gasteiger charge is 2.09. The van der Waals surface area contributed by atoms with Gasteiger partial charge >= 0.3 is 0 Å². The Morgan fingerprint density at radius 3 is 2.73 bits per heavy atom. The molecule has 0 aliphatic carbocycles. The molecule has 1 N–H and O–H groups in total. The van der Waals surface area contributed by atoms with Crippen LogP contribution >= 0.6 is 15.9 Å². The summed E-state index contributed by atoms with van der Waals surface area (Å²) in [6, 6.07) is 3.36. The first-order chi connectivity index (χ1) is 7.03. The number of halogens is 1. The van der Waals surface area contributed by atoms with Gasteiger partial charge in [-0.05, 0) is 34.5 Å². The summed E-state index contributed by atoms with van der Waals surface area (Å²) in [5, 5.41) is 0. The average Bonchev–Trinajstić information content (AvgIpc) is 2.18. The number of nitrogens with one attached hydrogen (secondary N) is 1. The highest BCUT2D eigenvalue weighted by molar-refractivity contribution is 9.10. The van der Waals surface area contributed by atoms with E-state index < -0.39 is 10.0 Å². The van der Waals surface area contributed by atoms with Crippen molar-refractivity contribution in [2.24, 2.45) is 0 Å². The summed E-state index contributed by atoms with van der Waals surface area (Å²) in [5.74, 6) is 0.496. The molecule has 0 unspecified atom stereocenters. The van der Waals surface area contributed by atoms with Crippen LogP contribution in [-0.4, -0.2) is 19.2 Å². The predicted molar refractivity (Wildman–Crippen MR) is 64.3 cm³/mol. The van der Waals surface area contributed by atoms with Crippen LogP contribution in [0.15, 0.2) is 22.8 Å². The molecule has 0 bridgehead atoms. The number of anilines is 1. The Kier molecular flexibility index (Phi) is 4.53. The first-order valence-electron chi connectivity index (χ1n) is 4.65. The highest BCUT2D eigenvalue weighted by atomic mass is 79.9. The molecule has 0 radical (unpaired) electrons. The lowest BCUT2D eigenvalue weighted by molar-refractivity contribution is 0.597. The molecule has 1 aromatic rings. The van der Waals surface area contributed by atoms with Crippen molar-refractivity contribution in [1.29, 1.82) is 0 Å². The van der Waals surface area contributed by atoms with Gasteiger partial charge in [0.05, 0.1) is 5.75 Å². The molecule has 0 amide bonds. The van der Waals surface area contributed by atoms with Gasteiger partial charge in [0.25, 0.3) is 0 Å². The van der Waals surface area contributed by atoms with Gasteiger partial charge in [0, 0.05) is 10.7 Å². The topological polar surface area (TPSA) is 59.1 Å². The minimum absolute atomic E-state index is 0.140. The Labute approximate surface area is 98.3 Å². The van der Waals surface area contributed by atoms with Crippen LogP contribution in [0, 0.1) is 0 Å². The summed E-state index contributed by atoms with van der Waals surface area (Å²) in [7, 11) is -3.24. The lowest BCUT2D eigenvalue weighted by Gasteiger charge is -2.05. The van der Waals surface area contributed by atoms with Gasteiger partial charge in [-0.25, -0.2) is 13.4 Å². The van der Waals surface area contributed by atoms with Gasteiger partial charge in [-0.3, -0.25) is 4.72 Å². The number of unbranched alkanes of at least 4 members (excludes halogenated alkanes) is 1. The zero-order chi connectivity index (χ0) is 11.3. The third kappa shape index (κ3) is 4.61. The summed E-state index contributed by atoms with van der Waals surface area (Å²) in [6.45, 7) is 1.95. The molecular weight excluding hydrogens is 280 g/mol. The summed E-state index contributed by atoms with van der Waals surface area (Å²) in [4.78, 5) is 3.93. The zero-order valence-electron chi connectivity index (χ0n) is 8.40. The van der Waals surface area contributed by atoms with Crippen LogP contribution in [0.25, 0.3) is 0 Å². The van der Waals surface area contributed by atoms with Crippen LogP contribution in [0.4, 0.5) is 5.82 Å². The van der Waals surface area contributed by atoms with E-state index in [0.29, 0.717) is 12.2 Å². The van der Waals surface area contributed by atoms with Gasteiger partial charge in [0.2, 0.25) is 10.0 Å². The Morgan fingerprint density at radius 2 is 2.20 bits per heavy atom. The minimum Gasteiger partial charge on any atom is -0.267 e. The van der Waals surface area contributed by atoms with Crippen molar-refractivity contribution < 1.29 is 8.42 Å². The SMILES string of the molecule is CCCCS(=O)(=O)Nc1ccc(Br)cn1. The second-order valence-corrected chi connectivity index (χ2v) is 5.89. The number of hydrogen-bond donors (Lipinski definition) is 1. The van der Waals surface area contributed by atoms with E-state index in [0.717, 1.165) is 10.9 Å². The molecule has 0 aliphatic heterocycles. The van der Waals surface area contributed by atoms with Crippen molar-refractivity contribution in [3.8, 4) is 0 Å². The lowest BCUT2D eigenvalue weighted by Crippen LogP contribution is -2.17. The summed E-state index contributed by atoms with van der Waals surface area (Å²) in [5.41, 5.74) is 0. The van der Waals surface area contributed by atoms with E-state index >= 15 is 0 Å². The van der Waals surface area contributed by atoms with E-state index in [1.165, 1.54) is 0 Å². The van der Waals surface area contributed by atoms with E-state index in [1.807, 2.05) is 6.92 Å². The lowest BCUT2D eigenvalue weighted by atomic mass is 10.4. The Hall–Kier alpha value is -0.620. The molecular formula is C9H13BrN2O2S. The quantitative estimate of drug-likeness (QED) is 0.906. The number of rotatable bonds is 5. The predicted octanol–water partition coefficient (Wildman–Crippen LogP) is 2.39.